The molecule has 1 amide bonds. The SMILES string of the molecule is COc1ccc(OC)c(NC(=O)CN2c3ccccc3C[C@H]2C)c1. The van der Waals surface area contributed by atoms with E-state index in [4.69, 9.17) is 9.47 Å². The smallest absolute Gasteiger partial charge is 0.244 e. The van der Waals surface area contributed by atoms with E-state index in [1.54, 1.807) is 32.4 Å². The zero-order valence-corrected chi connectivity index (χ0v) is 14.2. The molecule has 1 aliphatic rings. The number of fused-ring (bicyclic) bond motifs is 1. The first kappa shape index (κ1) is 16.2. The lowest BCUT2D eigenvalue weighted by atomic mass is 10.1. The van der Waals surface area contributed by atoms with Gasteiger partial charge in [-0.2, -0.15) is 0 Å². The summed E-state index contributed by atoms with van der Waals surface area (Å²) in [6.45, 7) is 2.44. The monoisotopic (exact) mass is 326 g/mol. The van der Waals surface area contributed by atoms with Crippen LogP contribution in [0.2, 0.25) is 0 Å². The number of carbonyl (C=O) groups excluding carboxylic acids is 1. The van der Waals surface area contributed by atoms with Gasteiger partial charge in [-0.3, -0.25) is 4.79 Å². The van der Waals surface area contributed by atoms with E-state index in [0.29, 0.717) is 29.8 Å². The number of anilines is 2. The highest BCUT2D eigenvalue weighted by atomic mass is 16.5. The van der Waals surface area contributed by atoms with Gasteiger partial charge in [-0.05, 0) is 37.1 Å². The first-order chi connectivity index (χ1) is 11.6. The number of para-hydroxylation sites is 1. The number of nitrogens with one attached hydrogen (secondary N) is 1. The van der Waals surface area contributed by atoms with Gasteiger partial charge in [0.15, 0.2) is 0 Å². The Morgan fingerprint density at radius 3 is 2.75 bits per heavy atom. The maximum Gasteiger partial charge on any atom is 0.244 e. The topological polar surface area (TPSA) is 50.8 Å². The van der Waals surface area contributed by atoms with Crippen molar-refractivity contribution in [1.29, 1.82) is 0 Å². The van der Waals surface area contributed by atoms with Crippen LogP contribution in [0.25, 0.3) is 0 Å². The minimum Gasteiger partial charge on any atom is -0.497 e. The van der Waals surface area contributed by atoms with Crippen LogP contribution >= 0.6 is 0 Å². The van der Waals surface area contributed by atoms with E-state index < -0.39 is 0 Å². The van der Waals surface area contributed by atoms with Gasteiger partial charge in [-0.25, -0.2) is 0 Å². The van der Waals surface area contributed by atoms with Crippen LogP contribution in [0.1, 0.15) is 12.5 Å². The molecular formula is C19H22N2O3. The van der Waals surface area contributed by atoms with Gasteiger partial charge in [0, 0.05) is 17.8 Å². The standard InChI is InChI=1S/C19H22N2O3/c1-13-10-14-6-4-5-7-17(14)21(13)12-19(22)20-16-11-15(23-2)8-9-18(16)24-3/h4-9,11,13H,10,12H2,1-3H3,(H,20,22)/t13-/m1/s1. The number of benzene rings is 2. The van der Waals surface area contributed by atoms with Gasteiger partial charge in [0.1, 0.15) is 11.5 Å². The van der Waals surface area contributed by atoms with Gasteiger partial charge < -0.3 is 19.7 Å². The summed E-state index contributed by atoms with van der Waals surface area (Å²) in [5.74, 6) is 1.20. The minimum atomic E-state index is -0.0786. The number of hydrogen-bond donors (Lipinski definition) is 1. The van der Waals surface area contributed by atoms with Crippen molar-refractivity contribution in [3.63, 3.8) is 0 Å². The third kappa shape index (κ3) is 3.15. The van der Waals surface area contributed by atoms with Crippen molar-refractivity contribution in [2.24, 2.45) is 0 Å². The quantitative estimate of drug-likeness (QED) is 0.917. The average molecular weight is 326 g/mol. The number of nitrogens with zero attached hydrogens (tertiary/aromatic N) is 1. The van der Waals surface area contributed by atoms with E-state index in [1.807, 2.05) is 12.1 Å². The van der Waals surface area contributed by atoms with Crippen LogP contribution in [0.4, 0.5) is 11.4 Å². The highest BCUT2D eigenvalue weighted by Gasteiger charge is 2.27. The predicted molar refractivity (Wildman–Crippen MR) is 95.1 cm³/mol. The molecule has 0 saturated heterocycles. The van der Waals surface area contributed by atoms with Crippen LogP contribution in [0, 0.1) is 0 Å². The fourth-order valence-electron chi connectivity index (χ4n) is 3.13. The summed E-state index contributed by atoms with van der Waals surface area (Å²) in [4.78, 5) is 14.7. The molecule has 0 spiro atoms. The van der Waals surface area contributed by atoms with Crippen LogP contribution in [0.15, 0.2) is 42.5 Å². The molecule has 2 aromatic carbocycles. The molecule has 0 bridgehead atoms. The Balaban J connectivity index is 1.75. The number of carbonyl (C=O) groups is 1. The molecule has 5 heteroatoms. The van der Waals surface area contributed by atoms with Crippen molar-refractivity contribution >= 4 is 17.3 Å². The Kier molecular flexibility index (Phi) is 4.60. The molecule has 1 N–H and O–H groups in total. The van der Waals surface area contributed by atoms with E-state index in [-0.39, 0.29) is 5.91 Å². The van der Waals surface area contributed by atoms with Crippen molar-refractivity contribution in [2.45, 2.75) is 19.4 Å². The molecule has 0 aliphatic carbocycles. The average Bonchev–Trinajstić information content (AvgIpc) is 2.90. The third-order valence-corrected chi connectivity index (χ3v) is 4.34. The number of methoxy groups -OCH3 is 2. The van der Waals surface area contributed by atoms with Gasteiger partial charge in [-0.1, -0.05) is 18.2 Å². The van der Waals surface area contributed by atoms with Crippen molar-refractivity contribution in [3.05, 3.63) is 48.0 Å². The van der Waals surface area contributed by atoms with Crippen LogP contribution in [-0.4, -0.2) is 32.7 Å². The van der Waals surface area contributed by atoms with Gasteiger partial charge in [0.25, 0.3) is 0 Å². The Hall–Kier alpha value is -2.69. The third-order valence-electron chi connectivity index (χ3n) is 4.34. The van der Waals surface area contributed by atoms with E-state index in [0.717, 1.165) is 12.1 Å². The second-order valence-electron chi connectivity index (χ2n) is 5.92. The molecule has 1 aliphatic heterocycles. The number of rotatable bonds is 5. The Morgan fingerprint density at radius 2 is 2.00 bits per heavy atom. The van der Waals surface area contributed by atoms with Crippen molar-refractivity contribution in [1.82, 2.24) is 0 Å². The molecule has 3 rings (SSSR count). The van der Waals surface area contributed by atoms with Gasteiger partial charge in [0.05, 0.1) is 26.5 Å². The van der Waals surface area contributed by atoms with Crippen molar-refractivity contribution in [3.8, 4) is 11.5 Å². The normalized spacial score (nSPS) is 15.8. The molecule has 0 unspecified atom stereocenters. The number of ether oxygens (including phenoxy) is 2. The van der Waals surface area contributed by atoms with E-state index >= 15 is 0 Å². The fourth-order valence-corrected chi connectivity index (χ4v) is 3.13. The Labute approximate surface area is 142 Å². The summed E-state index contributed by atoms with van der Waals surface area (Å²) in [5, 5.41) is 2.93. The number of hydrogen-bond acceptors (Lipinski definition) is 4. The summed E-state index contributed by atoms with van der Waals surface area (Å²) in [5.41, 5.74) is 3.04. The molecule has 0 saturated carbocycles. The summed E-state index contributed by atoms with van der Waals surface area (Å²) < 4.78 is 10.5. The van der Waals surface area contributed by atoms with Crippen LogP contribution in [0.5, 0.6) is 11.5 Å². The summed E-state index contributed by atoms with van der Waals surface area (Å²) in [6, 6.07) is 13.9. The molecule has 2 aromatic rings. The first-order valence-corrected chi connectivity index (χ1v) is 7.98. The summed E-state index contributed by atoms with van der Waals surface area (Å²) >= 11 is 0. The maximum atomic E-state index is 12.5. The largest absolute Gasteiger partial charge is 0.497 e. The summed E-state index contributed by atoms with van der Waals surface area (Å²) in [7, 11) is 3.17. The second kappa shape index (κ2) is 6.83. The van der Waals surface area contributed by atoms with Crippen molar-refractivity contribution in [2.75, 3.05) is 31.0 Å². The second-order valence-corrected chi connectivity index (χ2v) is 5.92. The Morgan fingerprint density at radius 1 is 1.21 bits per heavy atom. The van der Waals surface area contributed by atoms with Gasteiger partial charge in [-0.15, -0.1) is 0 Å². The molecule has 24 heavy (non-hydrogen) atoms. The molecule has 1 atom stereocenters. The molecule has 0 radical (unpaired) electrons. The van der Waals surface area contributed by atoms with E-state index in [9.17, 15) is 4.79 Å². The zero-order chi connectivity index (χ0) is 17.1. The maximum absolute atomic E-state index is 12.5. The predicted octanol–water partition coefficient (Wildman–Crippen LogP) is 3.09. The van der Waals surface area contributed by atoms with Crippen LogP contribution in [-0.2, 0) is 11.2 Å². The van der Waals surface area contributed by atoms with E-state index in [1.165, 1.54) is 5.56 Å². The zero-order valence-electron chi connectivity index (χ0n) is 14.2. The van der Waals surface area contributed by atoms with Crippen LogP contribution in [0.3, 0.4) is 0 Å². The molecule has 0 fully saturated rings. The van der Waals surface area contributed by atoms with Gasteiger partial charge >= 0.3 is 0 Å². The molecule has 126 valence electrons. The Bertz CT molecular complexity index is 745. The molecular weight excluding hydrogens is 304 g/mol. The van der Waals surface area contributed by atoms with Crippen LogP contribution < -0.4 is 19.7 Å². The molecule has 5 nitrogen and oxygen atoms in total. The lowest BCUT2D eigenvalue weighted by Crippen LogP contribution is -2.37. The highest BCUT2D eigenvalue weighted by molar-refractivity contribution is 5.96. The minimum absolute atomic E-state index is 0.0786. The molecule has 1 heterocycles. The van der Waals surface area contributed by atoms with Crippen molar-refractivity contribution < 1.29 is 14.3 Å². The fraction of sp³-hybridized carbons (Fsp3) is 0.316. The lowest BCUT2D eigenvalue weighted by Gasteiger charge is -2.24. The highest BCUT2D eigenvalue weighted by Crippen LogP contribution is 2.32. The first-order valence-electron chi connectivity index (χ1n) is 7.98. The lowest BCUT2D eigenvalue weighted by molar-refractivity contribution is -0.115. The van der Waals surface area contributed by atoms with Gasteiger partial charge in [0.2, 0.25) is 5.91 Å². The molecule has 0 aromatic heterocycles. The van der Waals surface area contributed by atoms with E-state index in [2.05, 4.69) is 29.3 Å². The number of amides is 1. The summed E-state index contributed by atoms with van der Waals surface area (Å²) in [6.07, 6.45) is 0.964.